The smallest absolute Gasteiger partial charge is 0.269 e. The number of nitrogens with one attached hydrogen (secondary N) is 1. The molecule has 0 aromatic carbocycles. The van der Waals surface area contributed by atoms with Crippen LogP contribution in [0.25, 0.3) is 0 Å². The molecule has 14 heavy (non-hydrogen) atoms. The van der Waals surface area contributed by atoms with Gasteiger partial charge in [0.25, 0.3) is 5.91 Å². The van der Waals surface area contributed by atoms with Crippen molar-refractivity contribution in [3.05, 3.63) is 23.5 Å². The van der Waals surface area contributed by atoms with E-state index < -0.39 is 0 Å². The topological polar surface area (TPSA) is 71.5 Å². The fourth-order valence-electron chi connectivity index (χ4n) is 1.00. The molecule has 0 atom stereocenters. The quantitative estimate of drug-likeness (QED) is 0.710. The molecule has 0 spiro atoms. The highest BCUT2D eigenvalue weighted by Gasteiger charge is 2.08. The molecule has 1 rings (SSSR count). The molecule has 0 saturated carbocycles. The number of aromatic nitrogens is 1. The SMILES string of the molecule is CNC(=O)c1cc(OC)cc(CO)n1. The van der Waals surface area contributed by atoms with E-state index in [1.807, 2.05) is 0 Å². The minimum atomic E-state index is -0.307. The first-order valence-corrected chi connectivity index (χ1v) is 4.09. The predicted molar refractivity (Wildman–Crippen MR) is 50.1 cm³/mol. The Hall–Kier alpha value is -1.62. The summed E-state index contributed by atoms with van der Waals surface area (Å²) in [5.41, 5.74) is 0.638. The third kappa shape index (κ3) is 2.20. The molecule has 5 heteroatoms. The van der Waals surface area contributed by atoms with Gasteiger partial charge in [0.2, 0.25) is 0 Å². The summed E-state index contributed by atoms with van der Waals surface area (Å²) < 4.78 is 4.96. The third-order valence-electron chi connectivity index (χ3n) is 1.71. The summed E-state index contributed by atoms with van der Waals surface area (Å²) >= 11 is 0. The first kappa shape index (κ1) is 10.5. The number of carbonyl (C=O) groups is 1. The second-order valence-corrected chi connectivity index (χ2v) is 2.62. The first-order valence-electron chi connectivity index (χ1n) is 4.09. The highest BCUT2D eigenvalue weighted by atomic mass is 16.5. The molecule has 1 heterocycles. The first-order chi connectivity index (χ1) is 6.71. The van der Waals surface area contributed by atoms with Gasteiger partial charge in [-0.25, -0.2) is 4.98 Å². The van der Waals surface area contributed by atoms with Crippen molar-refractivity contribution in [2.24, 2.45) is 0 Å². The van der Waals surface area contributed by atoms with Gasteiger partial charge in [-0.1, -0.05) is 0 Å². The predicted octanol–water partition coefficient (Wildman–Crippen LogP) is -0.0579. The van der Waals surface area contributed by atoms with Crippen molar-refractivity contribution >= 4 is 5.91 Å². The van der Waals surface area contributed by atoms with Crippen LogP contribution in [0.2, 0.25) is 0 Å². The molecule has 0 fully saturated rings. The van der Waals surface area contributed by atoms with Gasteiger partial charge in [-0.05, 0) is 0 Å². The maximum Gasteiger partial charge on any atom is 0.269 e. The molecule has 0 saturated heterocycles. The van der Waals surface area contributed by atoms with Crippen LogP contribution < -0.4 is 10.1 Å². The summed E-state index contributed by atoms with van der Waals surface area (Å²) in [5, 5.41) is 11.3. The van der Waals surface area contributed by atoms with Crippen LogP contribution >= 0.6 is 0 Å². The molecule has 0 bridgehead atoms. The van der Waals surface area contributed by atoms with Crippen LogP contribution in [0, 0.1) is 0 Å². The van der Waals surface area contributed by atoms with E-state index in [1.54, 1.807) is 6.07 Å². The summed E-state index contributed by atoms with van der Waals surface area (Å²) in [7, 11) is 3.01. The number of aliphatic hydroxyl groups excluding tert-OH is 1. The molecule has 0 aliphatic heterocycles. The van der Waals surface area contributed by atoms with Gasteiger partial charge in [0.05, 0.1) is 19.4 Å². The van der Waals surface area contributed by atoms with Crippen molar-refractivity contribution in [1.82, 2.24) is 10.3 Å². The molecule has 5 nitrogen and oxygen atoms in total. The molecule has 0 unspecified atom stereocenters. The van der Waals surface area contributed by atoms with E-state index in [0.717, 1.165) is 0 Å². The molecule has 0 radical (unpaired) electrons. The molecule has 1 aromatic rings. The molecule has 2 N–H and O–H groups in total. The Morgan fingerprint density at radius 3 is 2.86 bits per heavy atom. The number of pyridine rings is 1. The average Bonchev–Trinajstić information content (AvgIpc) is 2.27. The lowest BCUT2D eigenvalue weighted by Gasteiger charge is -2.05. The zero-order chi connectivity index (χ0) is 10.6. The van der Waals surface area contributed by atoms with E-state index >= 15 is 0 Å². The molecule has 0 aliphatic carbocycles. The molecule has 1 amide bonds. The van der Waals surface area contributed by atoms with Crippen LogP contribution in [0.4, 0.5) is 0 Å². The minimum Gasteiger partial charge on any atom is -0.497 e. The van der Waals surface area contributed by atoms with Crippen molar-refractivity contribution in [2.75, 3.05) is 14.2 Å². The number of carbonyl (C=O) groups excluding carboxylic acids is 1. The van der Waals surface area contributed by atoms with Crippen LogP contribution in [-0.4, -0.2) is 30.2 Å². The fourth-order valence-corrected chi connectivity index (χ4v) is 1.00. The van der Waals surface area contributed by atoms with Crippen LogP contribution in [0.3, 0.4) is 0 Å². The summed E-state index contributed by atoms with van der Waals surface area (Å²) in [6.07, 6.45) is 0. The van der Waals surface area contributed by atoms with Gasteiger partial charge < -0.3 is 15.2 Å². The fraction of sp³-hybridized carbons (Fsp3) is 0.333. The Bertz CT molecular complexity index is 317. The van der Waals surface area contributed by atoms with Crippen molar-refractivity contribution in [3.63, 3.8) is 0 Å². The van der Waals surface area contributed by atoms with Crippen molar-refractivity contribution in [1.29, 1.82) is 0 Å². The van der Waals surface area contributed by atoms with Crippen LogP contribution in [0.5, 0.6) is 5.75 Å². The standard InChI is InChI=1S/C9H12N2O3/c1-10-9(13)8-4-7(14-2)3-6(5-12)11-8/h3-4,12H,5H2,1-2H3,(H,10,13). The molecule has 1 aromatic heterocycles. The number of methoxy groups -OCH3 is 1. The van der Waals surface area contributed by atoms with Gasteiger partial charge >= 0.3 is 0 Å². The Morgan fingerprint density at radius 2 is 2.36 bits per heavy atom. The Morgan fingerprint density at radius 1 is 1.64 bits per heavy atom. The summed E-state index contributed by atoms with van der Waals surface area (Å²) in [5.74, 6) is 0.196. The van der Waals surface area contributed by atoms with Crippen LogP contribution in [-0.2, 0) is 6.61 Å². The number of rotatable bonds is 3. The van der Waals surface area contributed by atoms with Gasteiger partial charge in [0.1, 0.15) is 11.4 Å². The second-order valence-electron chi connectivity index (χ2n) is 2.62. The minimum absolute atomic E-state index is 0.221. The molecular formula is C9H12N2O3. The summed E-state index contributed by atoms with van der Waals surface area (Å²) in [6, 6.07) is 3.09. The molecular weight excluding hydrogens is 184 g/mol. The lowest BCUT2D eigenvalue weighted by atomic mass is 10.2. The Labute approximate surface area is 81.7 Å². The maximum absolute atomic E-state index is 11.2. The van der Waals surface area contributed by atoms with Crippen molar-refractivity contribution < 1.29 is 14.6 Å². The van der Waals surface area contributed by atoms with Crippen LogP contribution in [0.1, 0.15) is 16.2 Å². The van der Waals surface area contributed by atoms with Gasteiger partial charge in [-0.15, -0.1) is 0 Å². The zero-order valence-electron chi connectivity index (χ0n) is 8.07. The third-order valence-corrected chi connectivity index (χ3v) is 1.71. The van der Waals surface area contributed by atoms with Gasteiger partial charge in [0.15, 0.2) is 0 Å². The number of amides is 1. The molecule has 76 valence electrons. The molecule has 0 aliphatic rings. The zero-order valence-corrected chi connectivity index (χ0v) is 8.07. The number of nitrogens with zero attached hydrogens (tertiary/aromatic N) is 1. The largest absolute Gasteiger partial charge is 0.497 e. The summed E-state index contributed by atoms with van der Waals surface area (Å²) in [6.45, 7) is -0.221. The highest BCUT2D eigenvalue weighted by Crippen LogP contribution is 2.13. The Balaban J connectivity index is 3.10. The lowest BCUT2D eigenvalue weighted by Crippen LogP contribution is -2.19. The number of ether oxygens (including phenoxy) is 1. The average molecular weight is 196 g/mol. The highest BCUT2D eigenvalue weighted by molar-refractivity contribution is 5.92. The van der Waals surface area contributed by atoms with E-state index in [-0.39, 0.29) is 18.2 Å². The Kier molecular flexibility index (Phi) is 3.41. The van der Waals surface area contributed by atoms with E-state index in [2.05, 4.69) is 10.3 Å². The van der Waals surface area contributed by atoms with Gasteiger partial charge in [0, 0.05) is 19.2 Å². The second kappa shape index (κ2) is 4.57. The normalized spacial score (nSPS) is 9.64. The van der Waals surface area contributed by atoms with Crippen molar-refractivity contribution in [3.8, 4) is 5.75 Å². The van der Waals surface area contributed by atoms with E-state index in [0.29, 0.717) is 11.4 Å². The van der Waals surface area contributed by atoms with Crippen LogP contribution in [0.15, 0.2) is 12.1 Å². The number of hydrogen-bond acceptors (Lipinski definition) is 4. The lowest BCUT2D eigenvalue weighted by molar-refractivity contribution is 0.0957. The van der Waals surface area contributed by atoms with Gasteiger partial charge in [-0.2, -0.15) is 0 Å². The van der Waals surface area contributed by atoms with E-state index in [1.165, 1.54) is 20.2 Å². The summed E-state index contributed by atoms with van der Waals surface area (Å²) in [4.78, 5) is 15.2. The number of aliphatic hydroxyl groups is 1. The van der Waals surface area contributed by atoms with E-state index in [9.17, 15) is 4.79 Å². The monoisotopic (exact) mass is 196 g/mol. The van der Waals surface area contributed by atoms with E-state index in [4.69, 9.17) is 9.84 Å². The van der Waals surface area contributed by atoms with Gasteiger partial charge in [-0.3, -0.25) is 4.79 Å². The number of hydrogen-bond donors (Lipinski definition) is 2. The van der Waals surface area contributed by atoms with Crippen molar-refractivity contribution in [2.45, 2.75) is 6.61 Å². The maximum atomic E-state index is 11.2.